The molecule has 0 atom stereocenters. The van der Waals surface area contributed by atoms with E-state index in [1.807, 2.05) is 13.8 Å². The van der Waals surface area contributed by atoms with Crippen LogP contribution < -0.4 is 16.2 Å². The van der Waals surface area contributed by atoms with Gasteiger partial charge in [0.25, 0.3) is 0 Å². The van der Waals surface area contributed by atoms with Crippen molar-refractivity contribution in [2.45, 2.75) is 19.8 Å². The lowest BCUT2D eigenvalue weighted by atomic mass is 10.0. The van der Waals surface area contributed by atoms with Crippen LogP contribution in [0.5, 0.6) is 11.5 Å². The fourth-order valence-corrected chi connectivity index (χ4v) is 1.64. The summed E-state index contributed by atoms with van der Waals surface area (Å²) >= 11 is 0. The molecule has 0 aliphatic carbocycles. The molecule has 20 heavy (non-hydrogen) atoms. The van der Waals surface area contributed by atoms with Crippen LogP contribution in [-0.4, -0.2) is 15.0 Å². The van der Waals surface area contributed by atoms with Crippen molar-refractivity contribution in [2.24, 2.45) is 0 Å². The molecule has 0 radical (unpaired) electrons. The molecule has 0 aromatic carbocycles. The van der Waals surface area contributed by atoms with Gasteiger partial charge in [-0.3, -0.25) is 0 Å². The Bertz CT molecular complexity index is 676. The largest absolute Gasteiger partial charge is 0.451 e. The Morgan fingerprint density at radius 3 is 2.55 bits per heavy atom. The lowest BCUT2D eigenvalue weighted by molar-refractivity contribution is 0.470. The van der Waals surface area contributed by atoms with Crippen LogP contribution in [0.2, 0.25) is 0 Å². The van der Waals surface area contributed by atoms with E-state index in [0.717, 1.165) is 5.56 Å². The van der Waals surface area contributed by atoms with Crippen LogP contribution in [0.3, 0.4) is 0 Å². The van der Waals surface area contributed by atoms with Crippen LogP contribution in [0.25, 0.3) is 0 Å². The molecule has 0 saturated heterocycles. The molecule has 102 valence electrons. The van der Waals surface area contributed by atoms with Crippen LogP contribution in [0.4, 0.5) is 11.8 Å². The third-order valence-electron chi connectivity index (χ3n) is 2.69. The van der Waals surface area contributed by atoms with Crippen molar-refractivity contribution in [1.29, 1.82) is 0 Å². The van der Waals surface area contributed by atoms with Gasteiger partial charge in [-0.05, 0) is 5.92 Å². The minimum absolute atomic E-state index is 0.0953. The molecule has 0 spiro atoms. The number of nitrogen functional groups attached to an aromatic ring is 2. The number of ether oxygens (including phenoxy) is 1. The normalized spacial score (nSPS) is 10.3. The summed E-state index contributed by atoms with van der Waals surface area (Å²) in [6.07, 6.45) is 8.48. The zero-order chi connectivity index (χ0) is 14.7. The average Bonchev–Trinajstić information content (AvgIpc) is 2.41. The third-order valence-corrected chi connectivity index (χ3v) is 2.69. The smallest absolute Gasteiger partial charge is 0.222 e. The zero-order valence-electron chi connectivity index (χ0n) is 11.3. The van der Waals surface area contributed by atoms with E-state index in [4.69, 9.17) is 22.6 Å². The maximum absolute atomic E-state index is 5.76. The van der Waals surface area contributed by atoms with Gasteiger partial charge in [-0.15, -0.1) is 6.42 Å². The predicted octanol–water partition coefficient (Wildman–Crippen LogP) is 1.93. The van der Waals surface area contributed by atoms with E-state index in [0.29, 0.717) is 17.2 Å². The molecular formula is C14H15N5O. The highest BCUT2D eigenvalue weighted by Crippen LogP contribution is 2.32. The van der Waals surface area contributed by atoms with Crippen molar-refractivity contribution < 1.29 is 4.74 Å². The second-order valence-electron chi connectivity index (χ2n) is 4.49. The van der Waals surface area contributed by atoms with Crippen LogP contribution in [0.15, 0.2) is 18.5 Å². The third kappa shape index (κ3) is 2.78. The van der Waals surface area contributed by atoms with Crippen molar-refractivity contribution >= 4 is 11.8 Å². The SMILES string of the molecule is C#Cc1cc(Oc2cnc(N)nc2N)c(C(C)C)cn1. The summed E-state index contributed by atoms with van der Waals surface area (Å²) in [7, 11) is 0. The summed E-state index contributed by atoms with van der Waals surface area (Å²) in [6, 6.07) is 1.69. The summed E-state index contributed by atoms with van der Waals surface area (Å²) < 4.78 is 5.76. The first-order valence-electron chi connectivity index (χ1n) is 6.03. The first-order valence-corrected chi connectivity index (χ1v) is 6.03. The predicted molar refractivity (Wildman–Crippen MR) is 77.2 cm³/mol. The highest BCUT2D eigenvalue weighted by molar-refractivity contribution is 5.51. The van der Waals surface area contributed by atoms with E-state index in [9.17, 15) is 0 Å². The van der Waals surface area contributed by atoms with E-state index in [-0.39, 0.29) is 17.7 Å². The Balaban J connectivity index is 2.43. The summed E-state index contributed by atoms with van der Waals surface area (Å²) in [5.74, 6) is 3.87. The number of hydrogen-bond donors (Lipinski definition) is 2. The van der Waals surface area contributed by atoms with Crippen LogP contribution >= 0.6 is 0 Å². The molecule has 2 rings (SSSR count). The number of anilines is 2. The Hall–Kier alpha value is -2.81. The second-order valence-corrected chi connectivity index (χ2v) is 4.49. The van der Waals surface area contributed by atoms with Gasteiger partial charge >= 0.3 is 0 Å². The molecule has 2 aromatic rings. The number of nitrogens with two attached hydrogens (primary N) is 2. The molecule has 4 N–H and O–H groups in total. The van der Waals surface area contributed by atoms with Gasteiger partial charge in [-0.25, -0.2) is 9.97 Å². The van der Waals surface area contributed by atoms with Crippen molar-refractivity contribution in [3.8, 4) is 23.8 Å². The minimum Gasteiger partial charge on any atom is -0.451 e. The van der Waals surface area contributed by atoms with Gasteiger partial charge in [0.2, 0.25) is 5.95 Å². The van der Waals surface area contributed by atoms with Crippen LogP contribution in [0, 0.1) is 12.3 Å². The van der Waals surface area contributed by atoms with Gasteiger partial charge in [0, 0.05) is 17.8 Å². The number of hydrogen-bond acceptors (Lipinski definition) is 6. The topological polar surface area (TPSA) is 99.9 Å². The van der Waals surface area contributed by atoms with Gasteiger partial charge in [0.1, 0.15) is 11.4 Å². The Labute approximate surface area is 117 Å². The summed E-state index contributed by atoms with van der Waals surface area (Å²) in [6.45, 7) is 4.06. The monoisotopic (exact) mass is 269 g/mol. The summed E-state index contributed by atoms with van der Waals surface area (Å²) in [5, 5.41) is 0. The average molecular weight is 269 g/mol. The quantitative estimate of drug-likeness (QED) is 0.826. The molecular weight excluding hydrogens is 254 g/mol. The molecule has 2 aromatic heterocycles. The van der Waals surface area contributed by atoms with E-state index in [1.165, 1.54) is 6.20 Å². The molecule has 0 aliphatic rings. The first kappa shape index (κ1) is 13.6. The highest BCUT2D eigenvalue weighted by atomic mass is 16.5. The Morgan fingerprint density at radius 2 is 1.95 bits per heavy atom. The van der Waals surface area contributed by atoms with Gasteiger partial charge in [-0.1, -0.05) is 19.8 Å². The lowest BCUT2D eigenvalue weighted by Gasteiger charge is -2.14. The summed E-state index contributed by atoms with van der Waals surface area (Å²) in [5.41, 5.74) is 12.6. The molecule has 2 heterocycles. The number of aromatic nitrogens is 3. The second kappa shape index (κ2) is 5.45. The molecule has 0 amide bonds. The summed E-state index contributed by atoms with van der Waals surface area (Å²) in [4.78, 5) is 11.9. The van der Waals surface area contributed by atoms with Gasteiger partial charge in [0.05, 0.1) is 6.20 Å². The molecule has 0 saturated carbocycles. The van der Waals surface area contributed by atoms with E-state index >= 15 is 0 Å². The highest BCUT2D eigenvalue weighted by Gasteiger charge is 2.13. The molecule has 0 unspecified atom stereocenters. The fourth-order valence-electron chi connectivity index (χ4n) is 1.64. The van der Waals surface area contributed by atoms with Gasteiger partial charge in [0.15, 0.2) is 11.6 Å². The molecule has 0 bridgehead atoms. The van der Waals surface area contributed by atoms with Crippen LogP contribution in [-0.2, 0) is 0 Å². The number of nitrogens with zero attached hydrogens (tertiary/aromatic N) is 3. The minimum atomic E-state index is 0.0953. The molecule has 6 heteroatoms. The van der Waals surface area contributed by atoms with E-state index in [1.54, 1.807) is 12.3 Å². The van der Waals surface area contributed by atoms with Crippen molar-refractivity contribution in [3.05, 3.63) is 29.7 Å². The molecule has 0 aliphatic heterocycles. The maximum Gasteiger partial charge on any atom is 0.222 e. The number of pyridine rings is 1. The van der Waals surface area contributed by atoms with E-state index < -0.39 is 0 Å². The lowest BCUT2D eigenvalue weighted by Crippen LogP contribution is -2.03. The van der Waals surface area contributed by atoms with Crippen molar-refractivity contribution in [2.75, 3.05) is 11.5 Å². The van der Waals surface area contributed by atoms with Crippen molar-refractivity contribution in [3.63, 3.8) is 0 Å². The molecule has 6 nitrogen and oxygen atoms in total. The van der Waals surface area contributed by atoms with Gasteiger partial charge in [-0.2, -0.15) is 4.98 Å². The van der Waals surface area contributed by atoms with Crippen LogP contribution in [0.1, 0.15) is 31.0 Å². The van der Waals surface area contributed by atoms with E-state index in [2.05, 4.69) is 20.9 Å². The zero-order valence-corrected chi connectivity index (χ0v) is 11.3. The molecule has 0 fully saturated rings. The number of terminal acetylenes is 1. The first-order chi connectivity index (χ1) is 9.51. The number of rotatable bonds is 3. The van der Waals surface area contributed by atoms with Gasteiger partial charge < -0.3 is 16.2 Å². The standard InChI is InChI=1S/C14H15N5O/c1-4-9-5-11(10(6-17-9)8(2)3)20-12-7-18-14(16)19-13(12)15/h1,5-8H,2-3H3,(H4,15,16,18,19). The fraction of sp³-hybridized carbons (Fsp3) is 0.214. The maximum atomic E-state index is 5.76. The Morgan fingerprint density at radius 1 is 1.20 bits per heavy atom. The Kier molecular flexibility index (Phi) is 3.71. The van der Waals surface area contributed by atoms with Crippen molar-refractivity contribution in [1.82, 2.24) is 15.0 Å².